The van der Waals surface area contributed by atoms with E-state index in [1.165, 1.54) is 6.42 Å². The van der Waals surface area contributed by atoms with Gasteiger partial charge in [0.1, 0.15) is 16.8 Å². The lowest BCUT2D eigenvalue weighted by Gasteiger charge is -2.22. The van der Waals surface area contributed by atoms with Crippen LogP contribution in [0.15, 0.2) is 6.07 Å². The van der Waals surface area contributed by atoms with Crippen molar-refractivity contribution in [2.45, 2.75) is 39.5 Å². The van der Waals surface area contributed by atoms with Gasteiger partial charge in [-0.25, -0.2) is 9.97 Å². The maximum atomic E-state index is 6.09. The normalized spacial score (nSPS) is 21.0. The number of hydrogen-bond donors (Lipinski definition) is 0. The topological polar surface area (TPSA) is 29.0 Å². The van der Waals surface area contributed by atoms with Gasteiger partial charge >= 0.3 is 0 Å². The van der Waals surface area contributed by atoms with Gasteiger partial charge in [0.05, 0.1) is 0 Å². The first kappa shape index (κ1) is 12.6. The fraction of sp³-hybridized carbons (Fsp3) is 0.692. The van der Waals surface area contributed by atoms with Crippen molar-refractivity contribution >= 4 is 17.4 Å². The van der Waals surface area contributed by atoms with Crippen LogP contribution in [0.4, 0.5) is 5.82 Å². The number of anilines is 1. The molecule has 0 aliphatic carbocycles. The zero-order valence-corrected chi connectivity index (χ0v) is 11.8. The van der Waals surface area contributed by atoms with Crippen molar-refractivity contribution in [3.63, 3.8) is 0 Å². The maximum absolute atomic E-state index is 6.09. The highest BCUT2D eigenvalue weighted by atomic mass is 35.5. The quantitative estimate of drug-likeness (QED) is 0.720. The molecular weight excluding hydrogens is 234 g/mol. The van der Waals surface area contributed by atoms with E-state index >= 15 is 0 Å². The lowest BCUT2D eigenvalue weighted by Crippen LogP contribution is -2.23. The second-order valence-electron chi connectivity index (χ2n) is 5.96. The minimum Gasteiger partial charge on any atom is -0.356 e. The Hall–Kier alpha value is -0.830. The maximum Gasteiger partial charge on any atom is 0.137 e. The van der Waals surface area contributed by atoms with Crippen molar-refractivity contribution in [3.8, 4) is 0 Å². The van der Waals surface area contributed by atoms with E-state index < -0.39 is 0 Å². The zero-order chi connectivity index (χ0) is 12.6. The molecule has 1 aromatic heterocycles. The predicted molar refractivity (Wildman–Crippen MR) is 71.7 cm³/mol. The van der Waals surface area contributed by atoms with Crippen molar-refractivity contribution in [1.82, 2.24) is 9.97 Å². The molecule has 4 heteroatoms. The second-order valence-corrected chi connectivity index (χ2v) is 6.35. The molecule has 0 amide bonds. The summed E-state index contributed by atoms with van der Waals surface area (Å²) in [5.74, 6) is 2.53. The molecule has 0 spiro atoms. The monoisotopic (exact) mass is 253 g/mol. The van der Waals surface area contributed by atoms with E-state index in [0.29, 0.717) is 5.15 Å². The van der Waals surface area contributed by atoms with Crippen LogP contribution < -0.4 is 4.90 Å². The predicted octanol–water partition coefficient (Wildman–Crippen LogP) is 3.27. The van der Waals surface area contributed by atoms with Crippen LogP contribution in [0, 0.1) is 5.92 Å². The highest BCUT2D eigenvalue weighted by molar-refractivity contribution is 6.29. The first-order chi connectivity index (χ1) is 7.86. The van der Waals surface area contributed by atoms with Crippen LogP contribution >= 0.6 is 11.6 Å². The first-order valence-electron chi connectivity index (χ1n) is 6.16. The van der Waals surface area contributed by atoms with E-state index in [4.69, 9.17) is 11.6 Å². The van der Waals surface area contributed by atoms with Gasteiger partial charge in [-0.15, -0.1) is 0 Å². The molecule has 2 heterocycles. The number of rotatable bonds is 1. The molecule has 17 heavy (non-hydrogen) atoms. The second kappa shape index (κ2) is 4.45. The van der Waals surface area contributed by atoms with Gasteiger partial charge in [-0.05, 0) is 12.3 Å². The van der Waals surface area contributed by atoms with Gasteiger partial charge in [0.25, 0.3) is 0 Å². The number of nitrogens with zero attached hydrogens (tertiary/aromatic N) is 3. The van der Waals surface area contributed by atoms with Crippen LogP contribution in [0.5, 0.6) is 0 Å². The molecule has 3 nitrogen and oxygen atoms in total. The van der Waals surface area contributed by atoms with E-state index in [1.54, 1.807) is 0 Å². The third kappa shape index (κ3) is 2.89. The molecule has 1 atom stereocenters. The standard InChI is InChI=1S/C13H20ClN3/c1-9-5-6-17(8-9)11-7-10(14)15-12(16-11)13(2,3)4/h7,9H,5-6,8H2,1-4H3. The molecule has 0 saturated carbocycles. The zero-order valence-electron chi connectivity index (χ0n) is 11.0. The lowest BCUT2D eigenvalue weighted by molar-refractivity contribution is 0.544. The van der Waals surface area contributed by atoms with Crippen LogP contribution in [-0.4, -0.2) is 23.1 Å². The molecule has 1 fully saturated rings. The highest BCUT2D eigenvalue weighted by Crippen LogP contribution is 2.27. The average molecular weight is 254 g/mol. The Balaban J connectivity index is 2.32. The van der Waals surface area contributed by atoms with Crippen molar-refractivity contribution in [1.29, 1.82) is 0 Å². The molecule has 1 aromatic rings. The van der Waals surface area contributed by atoms with Crippen LogP contribution in [-0.2, 0) is 5.41 Å². The molecule has 1 aliphatic heterocycles. The van der Waals surface area contributed by atoms with Gasteiger partial charge in [-0.2, -0.15) is 0 Å². The van der Waals surface area contributed by atoms with E-state index in [-0.39, 0.29) is 5.41 Å². The van der Waals surface area contributed by atoms with Gasteiger partial charge in [0, 0.05) is 24.6 Å². The molecule has 0 N–H and O–H groups in total. The smallest absolute Gasteiger partial charge is 0.137 e. The first-order valence-corrected chi connectivity index (χ1v) is 6.54. The van der Waals surface area contributed by atoms with Crippen molar-refractivity contribution < 1.29 is 0 Å². The van der Waals surface area contributed by atoms with E-state index in [1.807, 2.05) is 6.07 Å². The van der Waals surface area contributed by atoms with Gasteiger partial charge in [-0.1, -0.05) is 39.3 Å². The van der Waals surface area contributed by atoms with Gasteiger partial charge in [0.15, 0.2) is 0 Å². The molecule has 1 saturated heterocycles. The van der Waals surface area contributed by atoms with Gasteiger partial charge in [0.2, 0.25) is 0 Å². The third-order valence-electron chi connectivity index (χ3n) is 3.10. The number of hydrogen-bond acceptors (Lipinski definition) is 3. The third-order valence-corrected chi connectivity index (χ3v) is 3.29. The van der Waals surface area contributed by atoms with Crippen molar-refractivity contribution in [2.75, 3.05) is 18.0 Å². The van der Waals surface area contributed by atoms with E-state index in [0.717, 1.165) is 30.6 Å². The fourth-order valence-corrected chi connectivity index (χ4v) is 2.22. The molecule has 0 aromatic carbocycles. The number of halogens is 1. The minimum atomic E-state index is -0.0645. The van der Waals surface area contributed by atoms with Crippen LogP contribution in [0.1, 0.15) is 39.9 Å². The molecule has 0 radical (unpaired) electrons. The highest BCUT2D eigenvalue weighted by Gasteiger charge is 2.24. The Kier molecular flexibility index (Phi) is 3.30. The summed E-state index contributed by atoms with van der Waals surface area (Å²) in [6.07, 6.45) is 1.23. The fourth-order valence-electron chi connectivity index (χ4n) is 2.05. The SMILES string of the molecule is CC1CCN(c2cc(Cl)nc(C(C)(C)C)n2)C1. The van der Waals surface area contributed by atoms with Gasteiger partial charge < -0.3 is 4.90 Å². The van der Waals surface area contributed by atoms with Crippen molar-refractivity contribution in [3.05, 3.63) is 17.0 Å². The summed E-state index contributed by atoms with van der Waals surface area (Å²) in [4.78, 5) is 11.3. The Morgan fingerprint density at radius 1 is 1.35 bits per heavy atom. The van der Waals surface area contributed by atoms with E-state index in [9.17, 15) is 0 Å². The molecule has 1 aliphatic rings. The Labute approximate surface area is 108 Å². The van der Waals surface area contributed by atoms with E-state index in [2.05, 4.69) is 42.6 Å². The summed E-state index contributed by atoms with van der Waals surface area (Å²) in [5, 5.41) is 0.541. The summed E-state index contributed by atoms with van der Waals surface area (Å²) in [5.41, 5.74) is -0.0645. The minimum absolute atomic E-state index is 0.0645. The summed E-state index contributed by atoms with van der Waals surface area (Å²) >= 11 is 6.09. The lowest BCUT2D eigenvalue weighted by atomic mass is 9.96. The summed E-state index contributed by atoms with van der Waals surface area (Å²) < 4.78 is 0. The Morgan fingerprint density at radius 3 is 2.59 bits per heavy atom. The van der Waals surface area contributed by atoms with Crippen molar-refractivity contribution in [2.24, 2.45) is 5.92 Å². The van der Waals surface area contributed by atoms with Crippen LogP contribution in [0.2, 0.25) is 5.15 Å². The molecule has 2 rings (SSSR count). The average Bonchev–Trinajstić information content (AvgIpc) is 2.62. The van der Waals surface area contributed by atoms with Gasteiger partial charge in [-0.3, -0.25) is 0 Å². The van der Waals surface area contributed by atoms with Crippen LogP contribution in [0.25, 0.3) is 0 Å². The summed E-state index contributed by atoms with van der Waals surface area (Å²) in [6.45, 7) is 10.7. The Bertz CT molecular complexity index is 412. The molecular formula is C13H20ClN3. The summed E-state index contributed by atoms with van der Waals surface area (Å²) in [7, 11) is 0. The van der Waals surface area contributed by atoms with Crippen LogP contribution in [0.3, 0.4) is 0 Å². The molecule has 94 valence electrons. The largest absolute Gasteiger partial charge is 0.356 e. The number of aromatic nitrogens is 2. The Morgan fingerprint density at radius 2 is 2.06 bits per heavy atom. The summed E-state index contributed by atoms with van der Waals surface area (Å²) in [6, 6.07) is 1.87. The molecule has 0 bridgehead atoms. The molecule has 1 unspecified atom stereocenters.